The summed E-state index contributed by atoms with van der Waals surface area (Å²) in [6.07, 6.45) is 0.647. The molecule has 0 unspecified atom stereocenters. The summed E-state index contributed by atoms with van der Waals surface area (Å²) in [4.78, 5) is 4.03. The first-order valence-electron chi connectivity index (χ1n) is 3.21. The summed E-state index contributed by atoms with van der Waals surface area (Å²) < 4.78 is 38.0. The van der Waals surface area contributed by atoms with Crippen LogP contribution >= 0.6 is 0 Å². The van der Waals surface area contributed by atoms with Gasteiger partial charge in [-0.05, 0) is 0 Å². The monoisotopic (exact) mass is 176 g/mol. The molecule has 0 spiro atoms. The fourth-order valence-electron chi connectivity index (χ4n) is 0.844. The lowest BCUT2D eigenvalue weighted by Gasteiger charge is -2.13. The van der Waals surface area contributed by atoms with Crippen LogP contribution in [0.15, 0.2) is 6.20 Å². The molecule has 0 bridgehead atoms. The van der Waals surface area contributed by atoms with Crippen LogP contribution in [-0.2, 0) is 0 Å². The average molecular weight is 176 g/mol. The summed E-state index contributed by atoms with van der Waals surface area (Å²) in [7, 11) is 2.84. The van der Waals surface area contributed by atoms with Crippen LogP contribution in [0.2, 0.25) is 0 Å². The van der Waals surface area contributed by atoms with E-state index in [1.54, 1.807) is 0 Å². The molecule has 0 saturated carbocycles. The maximum absolute atomic E-state index is 12.8. The summed E-state index contributed by atoms with van der Waals surface area (Å²) in [5, 5.41) is 0. The Morgan fingerprint density at radius 3 is 2.25 bits per heavy atom. The maximum Gasteiger partial charge on any atom is 0.251 e. The number of anilines is 1. The predicted octanol–water partition coefficient (Wildman–Crippen LogP) is 1.56. The van der Waals surface area contributed by atoms with Crippen molar-refractivity contribution in [2.45, 2.75) is 0 Å². The standard InChI is InChI=1S/C7H7F3N2/c1-12(2)6-4(8)3-11-7(10)5(6)9/h3H,1-2H3. The molecule has 5 heteroatoms. The van der Waals surface area contributed by atoms with Crippen molar-refractivity contribution in [2.75, 3.05) is 19.0 Å². The van der Waals surface area contributed by atoms with Gasteiger partial charge in [-0.25, -0.2) is 9.37 Å². The molecule has 1 rings (SSSR count). The summed E-state index contributed by atoms with van der Waals surface area (Å²) >= 11 is 0. The Labute approximate surface area is 67.6 Å². The van der Waals surface area contributed by atoms with Crippen LogP contribution in [-0.4, -0.2) is 19.1 Å². The third-order valence-electron chi connectivity index (χ3n) is 1.35. The minimum Gasteiger partial charge on any atom is -0.373 e. The van der Waals surface area contributed by atoms with Gasteiger partial charge in [0.25, 0.3) is 5.95 Å². The second kappa shape index (κ2) is 3.00. The van der Waals surface area contributed by atoms with E-state index in [2.05, 4.69) is 4.98 Å². The van der Waals surface area contributed by atoms with E-state index >= 15 is 0 Å². The third-order valence-corrected chi connectivity index (χ3v) is 1.35. The molecule has 0 radical (unpaired) electrons. The van der Waals surface area contributed by atoms with E-state index in [0.29, 0.717) is 6.20 Å². The topological polar surface area (TPSA) is 16.1 Å². The summed E-state index contributed by atoms with van der Waals surface area (Å²) in [5.74, 6) is -3.43. The Bertz CT molecular complexity index is 299. The molecule has 1 heterocycles. The van der Waals surface area contributed by atoms with Crippen molar-refractivity contribution in [3.05, 3.63) is 23.8 Å². The number of hydrogen-bond acceptors (Lipinski definition) is 2. The lowest BCUT2D eigenvalue weighted by Crippen LogP contribution is -2.14. The van der Waals surface area contributed by atoms with Gasteiger partial charge < -0.3 is 4.90 Å². The number of aromatic nitrogens is 1. The molecule has 66 valence electrons. The number of halogens is 3. The molecule has 0 N–H and O–H groups in total. The van der Waals surface area contributed by atoms with Crippen molar-refractivity contribution < 1.29 is 13.2 Å². The Kier molecular flexibility index (Phi) is 2.21. The minimum atomic E-state index is -1.29. The van der Waals surface area contributed by atoms with E-state index in [1.165, 1.54) is 14.1 Å². The summed E-state index contributed by atoms with van der Waals surface area (Å²) in [6.45, 7) is 0. The van der Waals surface area contributed by atoms with Crippen molar-refractivity contribution in [3.63, 3.8) is 0 Å². The minimum absolute atomic E-state index is 0.414. The van der Waals surface area contributed by atoms with E-state index < -0.39 is 23.3 Å². The number of rotatable bonds is 1. The number of pyridine rings is 1. The molecule has 0 saturated heterocycles. The molecule has 0 fully saturated rings. The van der Waals surface area contributed by atoms with Crippen molar-refractivity contribution in [2.24, 2.45) is 0 Å². The Morgan fingerprint density at radius 2 is 1.83 bits per heavy atom. The Morgan fingerprint density at radius 1 is 1.25 bits per heavy atom. The van der Waals surface area contributed by atoms with Crippen LogP contribution in [0.25, 0.3) is 0 Å². The first kappa shape index (κ1) is 8.83. The van der Waals surface area contributed by atoms with Gasteiger partial charge in [0.15, 0.2) is 5.82 Å². The van der Waals surface area contributed by atoms with Crippen LogP contribution in [0.3, 0.4) is 0 Å². The van der Waals surface area contributed by atoms with Crippen LogP contribution < -0.4 is 4.90 Å². The van der Waals surface area contributed by atoms with Crippen LogP contribution in [0.1, 0.15) is 0 Å². The fraction of sp³-hybridized carbons (Fsp3) is 0.286. The van der Waals surface area contributed by atoms with Crippen LogP contribution in [0, 0.1) is 17.6 Å². The van der Waals surface area contributed by atoms with Gasteiger partial charge in [-0.2, -0.15) is 8.78 Å². The Balaban J connectivity index is 3.33. The molecule has 2 nitrogen and oxygen atoms in total. The van der Waals surface area contributed by atoms with Gasteiger partial charge in [0.1, 0.15) is 5.69 Å². The van der Waals surface area contributed by atoms with Gasteiger partial charge in [-0.1, -0.05) is 0 Å². The number of nitrogens with zero attached hydrogens (tertiary/aromatic N) is 2. The zero-order chi connectivity index (χ0) is 9.30. The van der Waals surface area contributed by atoms with Gasteiger partial charge in [0, 0.05) is 14.1 Å². The van der Waals surface area contributed by atoms with E-state index in [0.717, 1.165) is 4.90 Å². The molecule has 0 aromatic carbocycles. The molecular formula is C7H7F3N2. The average Bonchev–Trinajstić information content (AvgIpc) is 1.97. The summed E-state index contributed by atoms with van der Waals surface area (Å²) in [6, 6.07) is 0. The quantitative estimate of drug-likeness (QED) is 0.604. The Hall–Kier alpha value is -1.26. The molecule has 1 aromatic rings. The lowest BCUT2D eigenvalue weighted by molar-refractivity contribution is 0.465. The van der Waals surface area contributed by atoms with Gasteiger partial charge >= 0.3 is 0 Å². The molecule has 0 aliphatic heterocycles. The predicted molar refractivity (Wildman–Crippen MR) is 38.4 cm³/mol. The van der Waals surface area contributed by atoms with Crippen LogP contribution in [0.4, 0.5) is 18.9 Å². The van der Waals surface area contributed by atoms with Gasteiger partial charge in [-0.3, -0.25) is 0 Å². The van der Waals surface area contributed by atoms with E-state index in [4.69, 9.17) is 0 Å². The normalized spacial score (nSPS) is 10.1. The highest BCUT2D eigenvalue weighted by atomic mass is 19.2. The highest BCUT2D eigenvalue weighted by Gasteiger charge is 2.16. The molecule has 1 aromatic heterocycles. The van der Waals surface area contributed by atoms with Gasteiger partial charge in [0.05, 0.1) is 6.20 Å². The zero-order valence-electron chi connectivity index (χ0n) is 6.61. The van der Waals surface area contributed by atoms with E-state index in [-0.39, 0.29) is 0 Å². The van der Waals surface area contributed by atoms with Crippen molar-refractivity contribution in [3.8, 4) is 0 Å². The number of hydrogen-bond donors (Lipinski definition) is 0. The first-order chi connectivity index (χ1) is 5.54. The highest BCUT2D eigenvalue weighted by molar-refractivity contribution is 5.46. The van der Waals surface area contributed by atoms with Crippen molar-refractivity contribution in [1.29, 1.82) is 0 Å². The largest absolute Gasteiger partial charge is 0.373 e. The molecule has 0 aliphatic carbocycles. The zero-order valence-corrected chi connectivity index (χ0v) is 6.61. The molecular weight excluding hydrogens is 169 g/mol. The highest BCUT2D eigenvalue weighted by Crippen LogP contribution is 2.21. The van der Waals surface area contributed by atoms with Crippen LogP contribution in [0.5, 0.6) is 0 Å². The molecule has 0 amide bonds. The van der Waals surface area contributed by atoms with E-state index in [1.807, 2.05) is 0 Å². The molecule has 0 aliphatic rings. The van der Waals surface area contributed by atoms with E-state index in [9.17, 15) is 13.2 Å². The summed E-state index contributed by atoms with van der Waals surface area (Å²) in [5.41, 5.74) is -0.414. The first-order valence-corrected chi connectivity index (χ1v) is 3.21. The second-order valence-electron chi connectivity index (χ2n) is 2.45. The maximum atomic E-state index is 12.8. The third kappa shape index (κ3) is 1.34. The van der Waals surface area contributed by atoms with Gasteiger partial charge in [-0.15, -0.1) is 0 Å². The molecule has 0 atom stereocenters. The fourth-order valence-corrected chi connectivity index (χ4v) is 0.844. The molecule has 12 heavy (non-hydrogen) atoms. The smallest absolute Gasteiger partial charge is 0.251 e. The lowest BCUT2D eigenvalue weighted by atomic mass is 10.3. The second-order valence-corrected chi connectivity index (χ2v) is 2.45. The van der Waals surface area contributed by atoms with Gasteiger partial charge in [0.2, 0.25) is 5.82 Å². The van der Waals surface area contributed by atoms with Crippen molar-refractivity contribution >= 4 is 5.69 Å². The SMILES string of the molecule is CN(C)c1c(F)cnc(F)c1F. The van der Waals surface area contributed by atoms with Crippen molar-refractivity contribution in [1.82, 2.24) is 4.98 Å².